The maximum Gasteiger partial charge on any atom is 0.264 e. The molecule has 0 aliphatic rings. The van der Waals surface area contributed by atoms with Gasteiger partial charge in [0.2, 0.25) is 5.91 Å². The van der Waals surface area contributed by atoms with E-state index in [0.29, 0.717) is 10.7 Å². The summed E-state index contributed by atoms with van der Waals surface area (Å²) in [7, 11) is -6.62. The van der Waals surface area contributed by atoms with Crippen LogP contribution in [0.25, 0.3) is 0 Å². The average molecular weight is 586 g/mol. The summed E-state index contributed by atoms with van der Waals surface area (Å²) >= 11 is 5.84. The van der Waals surface area contributed by atoms with Gasteiger partial charge in [-0.15, -0.1) is 0 Å². The highest BCUT2D eigenvalue weighted by atomic mass is 35.5. The zero-order valence-electron chi connectivity index (χ0n) is 20.6. The smallest absolute Gasteiger partial charge is 0.264 e. The first-order chi connectivity index (χ1) is 18.6. The van der Waals surface area contributed by atoms with Gasteiger partial charge >= 0.3 is 0 Å². The minimum Gasteiger partial charge on any atom is -0.495 e. The Hall–Kier alpha value is -4.06. The van der Waals surface area contributed by atoms with Crippen LogP contribution in [0, 0.1) is 0 Å². The number of hydrogen-bond acceptors (Lipinski definition) is 6. The lowest BCUT2D eigenvalue weighted by molar-refractivity contribution is -0.114. The average Bonchev–Trinajstić information content (AvgIpc) is 2.93. The first kappa shape index (κ1) is 28.0. The molecule has 9 nitrogen and oxygen atoms in total. The molecule has 0 aliphatic heterocycles. The molecule has 0 bridgehead atoms. The second kappa shape index (κ2) is 11.8. The second-order valence-electron chi connectivity index (χ2n) is 8.18. The predicted molar refractivity (Wildman–Crippen MR) is 151 cm³/mol. The van der Waals surface area contributed by atoms with Gasteiger partial charge in [-0.2, -0.15) is 0 Å². The maximum absolute atomic E-state index is 13.5. The quantitative estimate of drug-likeness (QED) is 0.271. The molecular weight excluding hydrogens is 562 g/mol. The van der Waals surface area contributed by atoms with Gasteiger partial charge in [0.25, 0.3) is 20.0 Å². The molecule has 4 aromatic rings. The molecule has 4 aromatic carbocycles. The lowest BCUT2D eigenvalue weighted by Crippen LogP contribution is -2.38. The molecule has 0 atom stereocenters. The standard InChI is InChI=1S/C27H24ClN3O6S2/c1-37-26-10-6-5-9-25(26)31(39(35,36)24-7-3-2-4-8-24)19-27(32)29-21-15-17-23(18-16-21)38(33,34)30-22-13-11-20(28)12-14-22/h2-18,30H,19H2,1H3,(H,29,32). The van der Waals surface area contributed by atoms with E-state index in [0.717, 1.165) is 4.31 Å². The zero-order chi connectivity index (χ0) is 28.0. The van der Waals surface area contributed by atoms with Crippen molar-refractivity contribution in [3.8, 4) is 5.75 Å². The van der Waals surface area contributed by atoms with Gasteiger partial charge in [-0.3, -0.25) is 13.8 Å². The van der Waals surface area contributed by atoms with Gasteiger partial charge in [-0.05, 0) is 72.8 Å². The molecule has 0 heterocycles. The summed E-state index contributed by atoms with van der Waals surface area (Å²) in [6.45, 7) is -0.560. The van der Waals surface area contributed by atoms with Crippen LogP contribution >= 0.6 is 11.6 Å². The van der Waals surface area contributed by atoms with Gasteiger partial charge in [0, 0.05) is 16.4 Å². The first-order valence-electron chi connectivity index (χ1n) is 11.5. The van der Waals surface area contributed by atoms with Gasteiger partial charge in [0.05, 0.1) is 22.6 Å². The number of para-hydroxylation sites is 2. The summed E-state index contributed by atoms with van der Waals surface area (Å²) in [6, 6.07) is 25.9. The number of nitrogens with one attached hydrogen (secondary N) is 2. The van der Waals surface area contributed by atoms with Gasteiger partial charge in [0.1, 0.15) is 12.3 Å². The molecule has 0 radical (unpaired) electrons. The van der Waals surface area contributed by atoms with E-state index < -0.39 is 32.5 Å². The number of sulfonamides is 2. The van der Waals surface area contributed by atoms with Crippen LogP contribution in [0.3, 0.4) is 0 Å². The van der Waals surface area contributed by atoms with Crippen LogP contribution in [0.15, 0.2) is 113 Å². The van der Waals surface area contributed by atoms with Crippen molar-refractivity contribution in [2.45, 2.75) is 9.79 Å². The lowest BCUT2D eigenvalue weighted by atomic mass is 10.3. The molecule has 0 saturated carbocycles. The van der Waals surface area contributed by atoms with E-state index in [9.17, 15) is 21.6 Å². The molecule has 0 unspecified atom stereocenters. The fourth-order valence-corrected chi connectivity index (χ4v) is 6.27. The Balaban J connectivity index is 1.54. The van der Waals surface area contributed by atoms with E-state index in [4.69, 9.17) is 16.3 Å². The highest BCUT2D eigenvalue weighted by Crippen LogP contribution is 2.32. The van der Waals surface area contributed by atoms with Crippen molar-refractivity contribution in [3.05, 3.63) is 108 Å². The van der Waals surface area contributed by atoms with Crippen molar-refractivity contribution in [2.24, 2.45) is 0 Å². The van der Waals surface area contributed by atoms with Crippen LogP contribution in [0.1, 0.15) is 0 Å². The van der Waals surface area contributed by atoms with Crippen LogP contribution in [-0.4, -0.2) is 36.4 Å². The van der Waals surface area contributed by atoms with Crippen molar-refractivity contribution in [3.63, 3.8) is 0 Å². The van der Waals surface area contributed by atoms with Crippen LogP contribution in [0.5, 0.6) is 5.75 Å². The zero-order valence-corrected chi connectivity index (χ0v) is 23.0. The van der Waals surface area contributed by atoms with Crippen LogP contribution < -0.4 is 19.1 Å². The fourth-order valence-electron chi connectivity index (χ4n) is 3.64. The number of hydrogen-bond donors (Lipinski definition) is 2. The third-order valence-electron chi connectivity index (χ3n) is 5.52. The van der Waals surface area contributed by atoms with E-state index in [1.54, 1.807) is 54.6 Å². The third kappa shape index (κ3) is 6.69. The SMILES string of the molecule is COc1ccccc1N(CC(=O)Nc1ccc(S(=O)(=O)Nc2ccc(Cl)cc2)cc1)S(=O)(=O)c1ccccc1. The molecule has 0 saturated heterocycles. The topological polar surface area (TPSA) is 122 Å². The highest BCUT2D eigenvalue weighted by Gasteiger charge is 2.29. The number of benzene rings is 4. The van der Waals surface area contributed by atoms with Gasteiger partial charge in [-0.25, -0.2) is 16.8 Å². The van der Waals surface area contributed by atoms with E-state index in [2.05, 4.69) is 10.0 Å². The fraction of sp³-hybridized carbons (Fsp3) is 0.0741. The van der Waals surface area contributed by atoms with E-state index in [-0.39, 0.29) is 26.9 Å². The van der Waals surface area contributed by atoms with Crippen molar-refractivity contribution >= 4 is 54.6 Å². The first-order valence-corrected chi connectivity index (χ1v) is 14.8. The minimum absolute atomic E-state index is 0.00598. The summed E-state index contributed by atoms with van der Waals surface area (Å²) in [4.78, 5) is 13.0. The molecule has 2 N–H and O–H groups in total. The maximum atomic E-state index is 13.5. The molecule has 0 aromatic heterocycles. The molecule has 4 rings (SSSR count). The molecular formula is C27H24ClN3O6S2. The summed E-state index contributed by atoms with van der Waals surface area (Å²) in [6.07, 6.45) is 0. The number of carbonyl (C=O) groups excluding carboxylic acids is 1. The number of methoxy groups -OCH3 is 1. The summed E-state index contributed by atoms with van der Waals surface area (Å²) in [5, 5.41) is 3.09. The van der Waals surface area contributed by atoms with Crippen molar-refractivity contribution in [1.82, 2.24) is 0 Å². The number of halogens is 1. The summed E-state index contributed by atoms with van der Waals surface area (Å²) in [5.74, 6) is -0.372. The third-order valence-corrected chi connectivity index (χ3v) is 8.94. The molecule has 0 aliphatic carbocycles. The summed E-state index contributed by atoms with van der Waals surface area (Å²) in [5.41, 5.74) is 0.809. The largest absolute Gasteiger partial charge is 0.495 e. The number of nitrogens with zero attached hydrogens (tertiary/aromatic N) is 1. The van der Waals surface area contributed by atoms with Crippen LogP contribution in [0.4, 0.5) is 17.1 Å². The Morgan fingerprint density at radius 1 is 0.769 bits per heavy atom. The number of amides is 1. The molecule has 0 fully saturated rings. The molecule has 202 valence electrons. The Labute approximate surface area is 232 Å². The van der Waals surface area contributed by atoms with Gasteiger partial charge < -0.3 is 10.1 Å². The number of carbonyl (C=O) groups is 1. The molecule has 1 amide bonds. The molecule has 0 spiro atoms. The molecule has 12 heteroatoms. The molecule has 39 heavy (non-hydrogen) atoms. The monoisotopic (exact) mass is 585 g/mol. The highest BCUT2D eigenvalue weighted by molar-refractivity contribution is 7.93. The number of ether oxygens (including phenoxy) is 1. The van der Waals surface area contributed by atoms with E-state index >= 15 is 0 Å². The van der Waals surface area contributed by atoms with Crippen LogP contribution in [-0.2, 0) is 24.8 Å². The van der Waals surface area contributed by atoms with Gasteiger partial charge in [-0.1, -0.05) is 41.9 Å². The number of rotatable bonds is 10. The Morgan fingerprint density at radius 3 is 2.00 bits per heavy atom. The van der Waals surface area contributed by atoms with Gasteiger partial charge in [0.15, 0.2) is 0 Å². The van der Waals surface area contributed by atoms with Crippen molar-refractivity contribution in [1.29, 1.82) is 0 Å². The normalized spacial score (nSPS) is 11.4. The van der Waals surface area contributed by atoms with Crippen molar-refractivity contribution in [2.75, 3.05) is 28.0 Å². The minimum atomic E-state index is -4.14. The second-order valence-corrected chi connectivity index (χ2v) is 12.2. The van der Waals surface area contributed by atoms with Crippen LogP contribution in [0.2, 0.25) is 5.02 Å². The lowest BCUT2D eigenvalue weighted by Gasteiger charge is -2.25. The Bertz CT molecular complexity index is 1660. The predicted octanol–water partition coefficient (Wildman–Crippen LogP) is 4.98. The Morgan fingerprint density at radius 2 is 1.36 bits per heavy atom. The van der Waals surface area contributed by atoms with Crippen molar-refractivity contribution < 1.29 is 26.4 Å². The Kier molecular flexibility index (Phi) is 8.44. The number of anilines is 3. The van der Waals surface area contributed by atoms with E-state index in [1.807, 2.05) is 0 Å². The summed E-state index contributed by atoms with van der Waals surface area (Å²) < 4.78 is 61.2. The van der Waals surface area contributed by atoms with E-state index in [1.165, 1.54) is 55.6 Å².